The Morgan fingerprint density at radius 2 is 1.49 bits per heavy atom. The number of amides is 1. The van der Waals surface area contributed by atoms with Crippen molar-refractivity contribution in [3.8, 4) is 17.2 Å². The number of benzene rings is 4. The first kappa shape index (κ1) is 28.9. The molecule has 0 aromatic heterocycles. The van der Waals surface area contributed by atoms with Crippen LogP contribution in [0.15, 0.2) is 95.5 Å². The van der Waals surface area contributed by atoms with Gasteiger partial charge in [0.1, 0.15) is 11.5 Å². The first-order valence-corrected chi connectivity index (χ1v) is 15.2. The lowest BCUT2D eigenvalue weighted by Gasteiger charge is -2.37. The van der Waals surface area contributed by atoms with Gasteiger partial charge in [-0.05, 0) is 47.5 Å². The number of halogens is 1. The lowest BCUT2D eigenvalue weighted by molar-refractivity contribution is -0.121. The number of para-hydroxylation sites is 2. The number of Topliss-reactive ketones (excluding diaryl/α,β-unsaturated/α-hetero) is 2. The predicted molar refractivity (Wildman–Crippen MR) is 175 cm³/mol. The molecule has 45 heavy (non-hydrogen) atoms. The SMILES string of the molecule is COc1cc(C(=O)[C@@H]2[C@H](C(=O)c3ccc(Br)cc3)[C@@]3(C(=O)Nc4ccccc43)[C@H]3C=Cc4ccccc4N23)cc(OC)c1OC. The maximum Gasteiger partial charge on any atom is 0.238 e. The predicted octanol–water partition coefficient (Wildman–Crippen LogP) is 6.33. The quantitative estimate of drug-likeness (QED) is 0.231. The third-order valence-corrected chi connectivity index (χ3v) is 9.70. The third-order valence-electron chi connectivity index (χ3n) is 9.17. The largest absolute Gasteiger partial charge is 0.493 e. The van der Waals surface area contributed by atoms with Gasteiger partial charge in [0.2, 0.25) is 11.7 Å². The van der Waals surface area contributed by atoms with E-state index in [0.717, 1.165) is 15.7 Å². The second-order valence-electron chi connectivity index (χ2n) is 11.2. The molecule has 0 bridgehead atoms. The molecule has 0 saturated carbocycles. The molecule has 0 unspecified atom stereocenters. The summed E-state index contributed by atoms with van der Waals surface area (Å²) in [6, 6.07) is 23.6. The van der Waals surface area contributed by atoms with Crippen LogP contribution in [0.3, 0.4) is 0 Å². The van der Waals surface area contributed by atoms with Gasteiger partial charge in [0.15, 0.2) is 23.1 Å². The molecule has 1 spiro atoms. The minimum absolute atomic E-state index is 0.262. The molecule has 1 N–H and O–H groups in total. The summed E-state index contributed by atoms with van der Waals surface area (Å²) in [6.07, 6.45) is 3.92. The van der Waals surface area contributed by atoms with Crippen molar-refractivity contribution in [1.29, 1.82) is 0 Å². The lowest BCUT2D eigenvalue weighted by Crippen LogP contribution is -2.51. The molecule has 3 aliphatic heterocycles. The summed E-state index contributed by atoms with van der Waals surface area (Å²) in [7, 11) is 4.46. The minimum Gasteiger partial charge on any atom is -0.493 e. The van der Waals surface area contributed by atoms with Crippen molar-refractivity contribution in [3.63, 3.8) is 0 Å². The van der Waals surface area contributed by atoms with Crippen LogP contribution in [-0.2, 0) is 10.2 Å². The number of hydrogen-bond donors (Lipinski definition) is 1. The standard InChI is InChI=1S/C36H29BrN2O6/c1-43-27-18-22(19-28(44-2)34(27)45-3)33(41)31-30(32(40)21-12-15-23(37)16-13-21)36(24-9-5-6-10-25(24)38-35(36)42)29-17-14-20-8-4-7-11-26(20)39(29)31/h4-19,29-31H,1-3H3,(H,38,42)/t29-,30-,31+,36+/m1/s1. The molecular weight excluding hydrogens is 636 g/mol. The highest BCUT2D eigenvalue weighted by Crippen LogP contribution is 2.58. The highest BCUT2D eigenvalue weighted by Gasteiger charge is 2.70. The Balaban J connectivity index is 1.53. The van der Waals surface area contributed by atoms with Crippen LogP contribution < -0.4 is 24.4 Å². The Morgan fingerprint density at radius 3 is 2.18 bits per heavy atom. The summed E-state index contributed by atoms with van der Waals surface area (Å²) >= 11 is 3.46. The van der Waals surface area contributed by atoms with Crippen molar-refractivity contribution in [2.75, 3.05) is 31.5 Å². The van der Waals surface area contributed by atoms with Crippen LogP contribution in [0.5, 0.6) is 17.2 Å². The fourth-order valence-corrected chi connectivity index (χ4v) is 7.57. The number of nitrogens with one attached hydrogen (secondary N) is 1. The van der Waals surface area contributed by atoms with E-state index in [9.17, 15) is 9.59 Å². The average Bonchev–Trinajstić information content (AvgIpc) is 3.55. The number of rotatable bonds is 7. The first-order chi connectivity index (χ1) is 21.8. The van der Waals surface area contributed by atoms with E-state index in [1.807, 2.05) is 65.6 Å². The first-order valence-electron chi connectivity index (χ1n) is 14.5. The molecule has 1 amide bonds. The van der Waals surface area contributed by atoms with Crippen LogP contribution in [0.25, 0.3) is 6.08 Å². The molecular formula is C36H29BrN2O6. The van der Waals surface area contributed by atoms with Crippen molar-refractivity contribution in [1.82, 2.24) is 0 Å². The van der Waals surface area contributed by atoms with Crippen molar-refractivity contribution >= 4 is 50.9 Å². The van der Waals surface area contributed by atoms with E-state index in [1.165, 1.54) is 21.3 Å². The van der Waals surface area contributed by atoms with Crippen LogP contribution in [0, 0.1) is 5.92 Å². The van der Waals surface area contributed by atoms with E-state index in [2.05, 4.69) is 21.2 Å². The van der Waals surface area contributed by atoms with E-state index < -0.39 is 23.4 Å². The summed E-state index contributed by atoms with van der Waals surface area (Å²) in [5.74, 6) is -1.12. The number of anilines is 2. The normalized spacial score (nSPS) is 22.4. The van der Waals surface area contributed by atoms with Gasteiger partial charge in [-0.3, -0.25) is 14.4 Å². The zero-order valence-electron chi connectivity index (χ0n) is 24.7. The van der Waals surface area contributed by atoms with Crippen molar-refractivity contribution in [2.45, 2.75) is 17.5 Å². The van der Waals surface area contributed by atoms with Crippen molar-refractivity contribution in [3.05, 3.63) is 118 Å². The van der Waals surface area contributed by atoms with Crippen LogP contribution >= 0.6 is 15.9 Å². The molecule has 4 aromatic rings. The van der Waals surface area contributed by atoms with Crippen LogP contribution in [-0.4, -0.2) is 50.9 Å². The lowest BCUT2D eigenvalue weighted by atomic mass is 9.64. The third kappa shape index (κ3) is 4.14. The number of fused-ring (bicyclic) bond motifs is 6. The molecule has 1 fully saturated rings. The molecule has 0 radical (unpaired) electrons. The number of methoxy groups -OCH3 is 3. The molecule has 3 heterocycles. The molecule has 226 valence electrons. The number of ether oxygens (including phenoxy) is 3. The van der Waals surface area contributed by atoms with E-state index in [1.54, 1.807) is 36.4 Å². The summed E-state index contributed by atoms with van der Waals surface area (Å²) in [4.78, 5) is 46.5. The van der Waals surface area contributed by atoms with E-state index >= 15 is 4.79 Å². The fourth-order valence-electron chi connectivity index (χ4n) is 7.31. The van der Waals surface area contributed by atoms with Crippen LogP contribution in [0.4, 0.5) is 11.4 Å². The smallest absolute Gasteiger partial charge is 0.238 e. The Morgan fingerprint density at radius 1 is 0.822 bits per heavy atom. The molecule has 9 heteroatoms. The highest BCUT2D eigenvalue weighted by atomic mass is 79.9. The number of carbonyl (C=O) groups is 3. The Labute approximate surface area is 268 Å². The van der Waals surface area contributed by atoms with Crippen LogP contribution in [0.1, 0.15) is 31.8 Å². The fraction of sp³-hybridized carbons (Fsp3) is 0.194. The van der Waals surface area contributed by atoms with Gasteiger partial charge in [0, 0.05) is 27.0 Å². The second kappa shape index (κ2) is 10.9. The van der Waals surface area contributed by atoms with Gasteiger partial charge in [-0.1, -0.05) is 76.6 Å². The summed E-state index contributed by atoms with van der Waals surface area (Å²) < 4.78 is 17.5. The maximum atomic E-state index is 15.1. The van der Waals surface area contributed by atoms with Crippen molar-refractivity contribution in [2.24, 2.45) is 5.92 Å². The topological polar surface area (TPSA) is 94.2 Å². The van der Waals surface area contributed by atoms with Gasteiger partial charge in [-0.15, -0.1) is 0 Å². The molecule has 1 saturated heterocycles. The average molecular weight is 666 g/mol. The molecule has 4 aromatic carbocycles. The Bertz CT molecular complexity index is 1880. The molecule has 4 atom stereocenters. The van der Waals surface area contributed by atoms with Gasteiger partial charge in [-0.2, -0.15) is 0 Å². The molecule has 8 nitrogen and oxygen atoms in total. The van der Waals surface area contributed by atoms with Gasteiger partial charge in [0.25, 0.3) is 0 Å². The highest BCUT2D eigenvalue weighted by molar-refractivity contribution is 9.10. The van der Waals surface area contributed by atoms with Crippen LogP contribution in [0.2, 0.25) is 0 Å². The summed E-state index contributed by atoms with van der Waals surface area (Å²) in [5, 5.41) is 3.06. The number of carbonyl (C=O) groups excluding carboxylic acids is 3. The zero-order valence-corrected chi connectivity index (χ0v) is 26.3. The van der Waals surface area contributed by atoms with Gasteiger partial charge in [0.05, 0.1) is 33.3 Å². The number of nitrogens with zero attached hydrogens (tertiary/aromatic N) is 1. The van der Waals surface area contributed by atoms with Gasteiger partial charge in [-0.25, -0.2) is 0 Å². The number of hydrogen-bond acceptors (Lipinski definition) is 7. The summed E-state index contributed by atoms with van der Waals surface area (Å²) in [5.41, 5.74) is 2.21. The van der Waals surface area contributed by atoms with Gasteiger partial charge < -0.3 is 24.4 Å². The Kier molecular flexibility index (Phi) is 7.00. The number of ketones is 2. The monoisotopic (exact) mass is 664 g/mol. The Hall–Kier alpha value is -4.89. The second-order valence-corrected chi connectivity index (χ2v) is 12.1. The maximum absolute atomic E-state index is 15.1. The molecule has 3 aliphatic rings. The molecule has 7 rings (SSSR count). The zero-order chi connectivity index (χ0) is 31.5. The summed E-state index contributed by atoms with van der Waals surface area (Å²) in [6.45, 7) is 0. The van der Waals surface area contributed by atoms with Crippen molar-refractivity contribution < 1.29 is 28.6 Å². The van der Waals surface area contributed by atoms with E-state index in [4.69, 9.17) is 14.2 Å². The van der Waals surface area contributed by atoms with Gasteiger partial charge >= 0.3 is 0 Å². The van der Waals surface area contributed by atoms with E-state index in [-0.39, 0.29) is 23.0 Å². The van der Waals surface area contributed by atoms with E-state index in [0.29, 0.717) is 34.1 Å². The molecule has 0 aliphatic carbocycles. The minimum atomic E-state index is -1.41.